The van der Waals surface area contributed by atoms with E-state index >= 15 is 0 Å². The van der Waals surface area contributed by atoms with Crippen molar-refractivity contribution in [2.24, 2.45) is 0 Å². The van der Waals surface area contributed by atoms with Crippen molar-refractivity contribution in [2.75, 3.05) is 32.8 Å². The van der Waals surface area contributed by atoms with Gasteiger partial charge in [-0.05, 0) is 33.2 Å². The summed E-state index contributed by atoms with van der Waals surface area (Å²) in [6, 6.07) is 0.323. The van der Waals surface area contributed by atoms with Gasteiger partial charge < -0.3 is 9.64 Å². The summed E-state index contributed by atoms with van der Waals surface area (Å²) in [7, 11) is 0. The van der Waals surface area contributed by atoms with E-state index in [9.17, 15) is 14.4 Å². The van der Waals surface area contributed by atoms with Crippen LogP contribution < -0.4 is 5.32 Å². The molecule has 1 saturated carbocycles. The minimum Gasteiger partial charge on any atom is -0.450 e. The molecule has 0 unspecified atom stereocenters. The predicted octanol–water partition coefficient (Wildman–Crippen LogP) is 1.76. The van der Waals surface area contributed by atoms with Gasteiger partial charge in [-0.25, -0.2) is 4.79 Å². The van der Waals surface area contributed by atoms with Crippen LogP contribution in [0.15, 0.2) is 0 Å². The van der Waals surface area contributed by atoms with Gasteiger partial charge in [0.05, 0.1) is 19.7 Å². The van der Waals surface area contributed by atoms with Gasteiger partial charge in [-0.2, -0.15) is 0 Å². The van der Waals surface area contributed by atoms with Crippen molar-refractivity contribution in [1.82, 2.24) is 15.1 Å². The average Bonchev–Trinajstić information content (AvgIpc) is 2.56. The number of likely N-dealkylation sites (N-methyl/N-ethyl adjacent to an activating group) is 2. The van der Waals surface area contributed by atoms with E-state index in [4.69, 9.17) is 0 Å². The lowest BCUT2D eigenvalue weighted by Crippen LogP contribution is -2.48. The number of imide groups is 1. The summed E-state index contributed by atoms with van der Waals surface area (Å²) in [5.74, 6) is -0.404. The molecule has 7 heteroatoms. The molecular weight excluding hydrogens is 310 g/mol. The molecule has 0 aromatic rings. The highest BCUT2D eigenvalue weighted by Crippen LogP contribution is 2.22. The molecule has 0 radical (unpaired) electrons. The number of carbonyl (C=O) groups excluding carboxylic acids is 3. The Bertz CT molecular complexity index is 422. The van der Waals surface area contributed by atoms with Gasteiger partial charge in [0.15, 0.2) is 0 Å². The number of hydrogen-bond donors (Lipinski definition) is 1. The highest BCUT2D eigenvalue weighted by molar-refractivity contribution is 5.93. The molecule has 1 rings (SSSR count). The van der Waals surface area contributed by atoms with E-state index in [1.165, 1.54) is 19.3 Å². The molecule has 24 heavy (non-hydrogen) atoms. The van der Waals surface area contributed by atoms with Crippen molar-refractivity contribution < 1.29 is 19.1 Å². The number of rotatable bonds is 8. The molecule has 1 fully saturated rings. The van der Waals surface area contributed by atoms with Crippen molar-refractivity contribution in [2.45, 2.75) is 58.9 Å². The fraction of sp³-hybridized carbons (Fsp3) is 0.824. The van der Waals surface area contributed by atoms with Crippen LogP contribution in [0.3, 0.4) is 0 Å². The fourth-order valence-electron chi connectivity index (χ4n) is 3.12. The Morgan fingerprint density at radius 2 is 1.67 bits per heavy atom. The van der Waals surface area contributed by atoms with Crippen LogP contribution in [-0.2, 0) is 14.3 Å². The average molecular weight is 341 g/mol. The monoisotopic (exact) mass is 341 g/mol. The van der Waals surface area contributed by atoms with E-state index in [0.717, 1.165) is 12.8 Å². The maximum absolute atomic E-state index is 12.6. The normalized spacial score (nSPS) is 15.2. The molecule has 1 aliphatic carbocycles. The molecule has 0 spiro atoms. The van der Waals surface area contributed by atoms with E-state index in [-0.39, 0.29) is 25.6 Å². The Balaban J connectivity index is 2.51. The Hall–Kier alpha value is -1.63. The van der Waals surface area contributed by atoms with Gasteiger partial charge in [0.25, 0.3) is 0 Å². The van der Waals surface area contributed by atoms with Gasteiger partial charge in [-0.1, -0.05) is 26.2 Å². The van der Waals surface area contributed by atoms with Crippen LogP contribution >= 0.6 is 0 Å². The van der Waals surface area contributed by atoms with E-state index < -0.39 is 12.0 Å². The first-order chi connectivity index (χ1) is 11.5. The Morgan fingerprint density at radius 3 is 2.21 bits per heavy atom. The molecule has 7 nitrogen and oxygen atoms in total. The summed E-state index contributed by atoms with van der Waals surface area (Å²) in [6.07, 6.45) is 4.98. The third-order valence-corrected chi connectivity index (χ3v) is 4.37. The maximum Gasteiger partial charge on any atom is 0.413 e. The first kappa shape index (κ1) is 20.4. The van der Waals surface area contributed by atoms with Gasteiger partial charge in [0, 0.05) is 12.6 Å². The summed E-state index contributed by atoms with van der Waals surface area (Å²) in [6.45, 7) is 7.21. The van der Waals surface area contributed by atoms with Crippen LogP contribution in [0, 0.1) is 0 Å². The maximum atomic E-state index is 12.6. The largest absolute Gasteiger partial charge is 0.450 e. The molecule has 138 valence electrons. The number of ether oxygens (including phenoxy) is 1. The molecule has 0 atom stereocenters. The molecule has 0 aromatic carbocycles. The summed E-state index contributed by atoms with van der Waals surface area (Å²) < 4.78 is 4.68. The smallest absolute Gasteiger partial charge is 0.413 e. The van der Waals surface area contributed by atoms with Crippen LogP contribution in [0.5, 0.6) is 0 Å². The van der Waals surface area contributed by atoms with Crippen LogP contribution in [-0.4, -0.2) is 66.5 Å². The second kappa shape index (κ2) is 11.0. The van der Waals surface area contributed by atoms with Gasteiger partial charge in [0.1, 0.15) is 0 Å². The zero-order valence-electron chi connectivity index (χ0n) is 15.2. The molecular formula is C17H31N3O4. The van der Waals surface area contributed by atoms with Gasteiger partial charge in [-0.3, -0.25) is 19.8 Å². The van der Waals surface area contributed by atoms with Crippen molar-refractivity contribution in [3.63, 3.8) is 0 Å². The van der Waals surface area contributed by atoms with Crippen LogP contribution in [0.1, 0.15) is 52.9 Å². The van der Waals surface area contributed by atoms with Crippen molar-refractivity contribution in [3.05, 3.63) is 0 Å². The van der Waals surface area contributed by atoms with E-state index in [0.29, 0.717) is 19.1 Å². The zero-order chi connectivity index (χ0) is 17.9. The highest BCUT2D eigenvalue weighted by atomic mass is 16.5. The van der Waals surface area contributed by atoms with Crippen LogP contribution in [0.4, 0.5) is 4.79 Å². The van der Waals surface area contributed by atoms with E-state index in [1.54, 1.807) is 11.8 Å². The Kier molecular flexibility index (Phi) is 9.37. The lowest BCUT2D eigenvalue weighted by atomic mass is 9.94. The molecule has 0 bridgehead atoms. The molecule has 0 aliphatic heterocycles. The SMILES string of the molecule is CCOC(=O)NC(=O)CN(CC)CC(=O)N(CC)C1CCCCC1. The van der Waals surface area contributed by atoms with Crippen molar-refractivity contribution in [3.8, 4) is 0 Å². The predicted molar refractivity (Wildman–Crippen MR) is 91.5 cm³/mol. The summed E-state index contributed by atoms with van der Waals surface area (Å²) in [5.41, 5.74) is 0. The number of amides is 3. The first-order valence-electron chi connectivity index (χ1n) is 9.00. The molecule has 0 saturated heterocycles. The number of carbonyl (C=O) groups is 3. The lowest BCUT2D eigenvalue weighted by Gasteiger charge is -2.35. The van der Waals surface area contributed by atoms with Gasteiger partial charge in [0.2, 0.25) is 11.8 Å². The summed E-state index contributed by atoms with van der Waals surface area (Å²) >= 11 is 0. The third-order valence-electron chi connectivity index (χ3n) is 4.37. The summed E-state index contributed by atoms with van der Waals surface area (Å²) in [5, 5.41) is 2.16. The van der Waals surface area contributed by atoms with Crippen molar-refractivity contribution >= 4 is 17.9 Å². The minimum atomic E-state index is -0.748. The highest BCUT2D eigenvalue weighted by Gasteiger charge is 2.25. The van der Waals surface area contributed by atoms with Crippen LogP contribution in [0.25, 0.3) is 0 Å². The molecule has 0 heterocycles. The number of alkyl carbamates (subject to hydrolysis) is 1. The Morgan fingerprint density at radius 1 is 1.00 bits per heavy atom. The topological polar surface area (TPSA) is 79.0 Å². The summed E-state index contributed by atoms with van der Waals surface area (Å²) in [4.78, 5) is 39.4. The number of hydrogen-bond acceptors (Lipinski definition) is 5. The molecule has 1 aliphatic rings. The Labute approximate surface area is 144 Å². The van der Waals surface area contributed by atoms with Crippen LogP contribution in [0.2, 0.25) is 0 Å². The molecule has 3 amide bonds. The zero-order valence-corrected chi connectivity index (χ0v) is 15.2. The quantitative estimate of drug-likeness (QED) is 0.728. The first-order valence-corrected chi connectivity index (χ1v) is 9.00. The molecule has 1 N–H and O–H groups in total. The second-order valence-electron chi connectivity index (χ2n) is 6.04. The van der Waals surface area contributed by atoms with Gasteiger partial charge >= 0.3 is 6.09 Å². The second-order valence-corrected chi connectivity index (χ2v) is 6.04. The third kappa shape index (κ3) is 6.86. The van der Waals surface area contributed by atoms with E-state index in [2.05, 4.69) is 10.1 Å². The standard InChI is InChI=1S/C17H31N3O4/c1-4-19(12-15(21)18-17(23)24-6-3)13-16(22)20(5-2)14-10-8-7-9-11-14/h14H,4-13H2,1-3H3,(H,18,21,23). The van der Waals surface area contributed by atoms with E-state index in [1.807, 2.05) is 18.7 Å². The fourth-order valence-corrected chi connectivity index (χ4v) is 3.12. The lowest BCUT2D eigenvalue weighted by molar-refractivity contribution is -0.135. The number of nitrogens with zero attached hydrogens (tertiary/aromatic N) is 2. The molecule has 0 aromatic heterocycles. The number of nitrogens with one attached hydrogen (secondary N) is 1. The van der Waals surface area contributed by atoms with Crippen molar-refractivity contribution in [1.29, 1.82) is 0 Å². The minimum absolute atomic E-state index is 0.00325. The van der Waals surface area contributed by atoms with Gasteiger partial charge in [-0.15, -0.1) is 0 Å².